The van der Waals surface area contributed by atoms with Crippen molar-refractivity contribution in [2.45, 2.75) is 36.8 Å². The van der Waals surface area contributed by atoms with E-state index >= 15 is 4.39 Å². The number of hydrogen-bond acceptors (Lipinski definition) is 5. The summed E-state index contributed by atoms with van der Waals surface area (Å²) in [5.74, 6) is -0.115. The Balaban J connectivity index is 1.29. The Morgan fingerprint density at radius 1 is 1.28 bits per heavy atom. The number of fused-ring (bicyclic) bond motifs is 1. The SMILES string of the molecule is COc1ccc2nccc([C@@H](F)CC[C@@H]3CCN(CCCSc4cccc(F)c4)C[C@@H]3C(=O)O)c2c1. The molecule has 2 aromatic carbocycles. The first-order valence-corrected chi connectivity index (χ1v) is 13.3. The third kappa shape index (κ3) is 6.73. The van der Waals surface area contributed by atoms with Crippen molar-refractivity contribution >= 4 is 28.6 Å². The average molecular weight is 515 g/mol. The van der Waals surface area contributed by atoms with E-state index in [4.69, 9.17) is 4.74 Å². The van der Waals surface area contributed by atoms with Crippen LogP contribution in [0.2, 0.25) is 0 Å². The van der Waals surface area contributed by atoms with E-state index < -0.39 is 18.1 Å². The van der Waals surface area contributed by atoms with Crippen molar-refractivity contribution in [1.82, 2.24) is 9.88 Å². The summed E-state index contributed by atoms with van der Waals surface area (Å²) < 4.78 is 34.0. The number of likely N-dealkylation sites (tertiary alicyclic amines) is 1. The second-order valence-electron chi connectivity index (χ2n) is 9.28. The molecule has 8 heteroatoms. The molecule has 1 fully saturated rings. The molecule has 5 nitrogen and oxygen atoms in total. The Hall–Kier alpha value is -2.71. The van der Waals surface area contributed by atoms with Crippen molar-refractivity contribution in [2.75, 3.05) is 32.5 Å². The number of benzene rings is 2. The van der Waals surface area contributed by atoms with Crippen molar-refractivity contribution in [3.05, 3.63) is 66.1 Å². The van der Waals surface area contributed by atoms with E-state index in [0.29, 0.717) is 29.8 Å². The molecule has 3 atom stereocenters. The highest BCUT2D eigenvalue weighted by Crippen LogP contribution is 2.35. The molecule has 1 N–H and O–H groups in total. The van der Waals surface area contributed by atoms with Crippen molar-refractivity contribution in [2.24, 2.45) is 11.8 Å². The van der Waals surface area contributed by atoms with E-state index in [1.807, 2.05) is 12.1 Å². The van der Waals surface area contributed by atoms with Crippen LogP contribution in [0.1, 0.15) is 37.4 Å². The van der Waals surface area contributed by atoms with Gasteiger partial charge in [-0.15, -0.1) is 11.8 Å². The number of hydrogen-bond donors (Lipinski definition) is 1. The highest BCUT2D eigenvalue weighted by molar-refractivity contribution is 7.99. The number of piperidine rings is 1. The first-order chi connectivity index (χ1) is 17.4. The zero-order valence-corrected chi connectivity index (χ0v) is 21.2. The molecule has 1 aromatic heterocycles. The minimum Gasteiger partial charge on any atom is -0.497 e. The summed E-state index contributed by atoms with van der Waals surface area (Å²) in [6.45, 7) is 2.10. The topological polar surface area (TPSA) is 62.7 Å². The molecular weight excluding hydrogens is 482 g/mol. The zero-order valence-electron chi connectivity index (χ0n) is 20.4. The quantitative estimate of drug-likeness (QED) is 0.237. The molecule has 0 unspecified atom stereocenters. The number of halogens is 2. The normalized spacial score (nSPS) is 19.3. The molecule has 1 aliphatic rings. The predicted molar refractivity (Wildman–Crippen MR) is 139 cm³/mol. The lowest BCUT2D eigenvalue weighted by molar-refractivity contribution is -0.146. The number of ether oxygens (including phenoxy) is 1. The lowest BCUT2D eigenvalue weighted by Gasteiger charge is -2.36. The van der Waals surface area contributed by atoms with Crippen LogP contribution in [0.3, 0.4) is 0 Å². The van der Waals surface area contributed by atoms with Gasteiger partial charge >= 0.3 is 5.97 Å². The number of pyridine rings is 1. The summed E-state index contributed by atoms with van der Waals surface area (Å²) in [5, 5.41) is 10.6. The van der Waals surface area contributed by atoms with Gasteiger partial charge in [0.25, 0.3) is 0 Å². The van der Waals surface area contributed by atoms with Crippen LogP contribution in [0.15, 0.2) is 59.6 Å². The Kier molecular flexibility index (Phi) is 9.15. The van der Waals surface area contributed by atoms with Gasteiger partial charge in [-0.1, -0.05) is 6.07 Å². The molecule has 1 aliphatic heterocycles. The second kappa shape index (κ2) is 12.5. The number of aliphatic carboxylic acids is 1. The summed E-state index contributed by atoms with van der Waals surface area (Å²) in [6, 6.07) is 13.7. The molecule has 2 heterocycles. The number of thioether (sulfide) groups is 1. The molecule has 0 spiro atoms. The van der Waals surface area contributed by atoms with Gasteiger partial charge < -0.3 is 14.7 Å². The fraction of sp³-hybridized carbons (Fsp3) is 0.429. The van der Waals surface area contributed by atoms with E-state index in [2.05, 4.69) is 9.88 Å². The summed E-state index contributed by atoms with van der Waals surface area (Å²) >= 11 is 1.61. The molecule has 0 saturated carbocycles. The van der Waals surface area contributed by atoms with Gasteiger partial charge in [-0.05, 0) is 98.5 Å². The van der Waals surface area contributed by atoms with Gasteiger partial charge in [0, 0.05) is 23.0 Å². The van der Waals surface area contributed by atoms with Crippen molar-refractivity contribution < 1.29 is 23.4 Å². The van der Waals surface area contributed by atoms with E-state index in [0.717, 1.165) is 42.0 Å². The van der Waals surface area contributed by atoms with Crippen LogP contribution in [0.4, 0.5) is 8.78 Å². The van der Waals surface area contributed by atoms with E-state index in [1.54, 1.807) is 49.3 Å². The number of carboxylic acids is 1. The van der Waals surface area contributed by atoms with E-state index in [-0.39, 0.29) is 18.2 Å². The molecule has 0 bridgehead atoms. The molecule has 0 radical (unpaired) electrons. The van der Waals surface area contributed by atoms with Crippen molar-refractivity contribution in [3.8, 4) is 5.75 Å². The van der Waals surface area contributed by atoms with Crippen LogP contribution in [0.25, 0.3) is 10.9 Å². The minimum atomic E-state index is -1.20. The van der Waals surface area contributed by atoms with Gasteiger partial charge in [-0.3, -0.25) is 9.78 Å². The number of rotatable bonds is 11. The fourth-order valence-electron chi connectivity index (χ4n) is 4.99. The standard InChI is InChI=1S/C28H32F2N2O3S/c1-35-21-7-9-27-24(17-21)23(10-12-31-27)26(30)8-6-19-11-14-32(18-25(19)28(33)34)13-3-15-36-22-5-2-4-20(29)16-22/h2,4-5,7,9-10,12,16-17,19,25-26H,3,6,8,11,13-15,18H2,1H3,(H,33,34)/t19-,25+,26+/m1/s1. The highest BCUT2D eigenvalue weighted by Gasteiger charge is 2.34. The summed E-state index contributed by atoms with van der Waals surface area (Å²) in [4.78, 5) is 19.4. The third-order valence-electron chi connectivity index (χ3n) is 6.95. The van der Waals surface area contributed by atoms with Crippen molar-refractivity contribution in [3.63, 3.8) is 0 Å². The molecule has 4 rings (SSSR count). The van der Waals surface area contributed by atoms with Gasteiger partial charge in [0.15, 0.2) is 0 Å². The van der Waals surface area contributed by atoms with Crippen LogP contribution in [-0.2, 0) is 4.79 Å². The second-order valence-corrected chi connectivity index (χ2v) is 10.4. The maximum absolute atomic E-state index is 15.4. The molecule has 3 aromatic rings. The number of aromatic nitrogens is 1. The van der Waals surface area contributed by atoms with Crippen LogP contribution in [0, 0.1) is 17.7 Å². The summed E-state index contributed by atoms with van der Waals surface area (Å²) in [5.41, 5.74) is 1.28. The number of carboxylic acid groups (broad SMARTS) is 1. The summed E-state index contributed by atoms with van der Waals surface area (Å²) in [7, 11) is 1.58. The predicted octanol–water partition coefficient (Wildman–Crippen LogP) is 6.38. The first-order valence-electron chi connectivity index (χ1n) is 12.3. The Labute approximate surface area is 214 Å². The molecule has 0 aliphatic carbocycles. The van der Waals surface area contributed by atoms with E-state index in [9.17, 15) is 14.3 Å². The maximum Gasteiger partial charge on any atom is 0.308 e. The van der Waals surface area contributed by atoms with Gasteiger partial charge in [-0.25, -0.2) is 8.78 Å². The van der Waals surface area contributed by atoms with Gasteiger partial charge in [0.1, 0.15) is 17.7 Å². The Bertz CT molecular complexity index is 1180. The lowest BCUT2D eigenvalue weighted by Crippen LogP contribution is -2.44. The number of carbonyl (C=O) groups is 1. The molecule has 192 valence electrons. The highest BCUT2D eigenvalue weighted by atomic mass is 32.2. The van der Waals surface area contributed by atoms with Crippen molar-refractivity contribution in [1.29, 1.82) is 0 Å². The largest absolute Gasteiger partial charge is 0.497 e. The monoisotopic (exact) mass is 514 g/mol. The molecular formula is C28H32F2N2O3S. The minimum absolute atomic E-state index is 0.0543. The lowest BCUT2D eigenvalue weighted by atomic mass is 9.81. The van der Waals surface area contributed by atoms with Crippen LogP contribution in [-0.4, -0.2) is 53.5 Å². The average Bonchev–Trinajstić information content (AvgIpc) is 2.89. The number of nitrogens with zero attached hydrogens (tertiary/aromatic N) is 2. The molecule has 36 heavy (non-hydrogen) atoms. The zero-order chi connectivity index (χ0) is 25.5. The maximum atomic E-state index is 15.4. The molecule has 1 saturated heterocycles. The Morgan fingerprint density at radius 2 is 2.14 bits per heavy atom. The van der Waals surface area contributed by atoms with Gasteiger partial charge in [-0.2, -0.15) is 0 Å². The smallest absolute Gasteiger partial charge is 0.308 e. The van der Waals surface area contributed by atoms with Crippen LogP contribution < -0.4 is 4.74 Å². The van der Waals surface area contributed by atoms with Crippen LogP contribution in [0.5, 0.6) is 5.75 Å². The third-order valence-corrected chi connectivity index (χ3v) is 8.03. The first kappa shape index (κ1) is 26.4. The van der Waals surface area contributed by atoms with Crippen LogP contribution >= 0.6 is 11.8 Å². The van der Waals surface area contributed by atoms with Gasteiger partial charge in [0.2, 0.25) is 0 Å². The Morgan fingerprint density at radius 3 is 2.92 bits per heavy atom. The van der Waals surface area contributed by atoms with Gasteiger partial charge in [0.05, 0.1) is 18.5 Å². The summed E-state index contributed by atoms with van der Waals surface area (Å²) in [6.07, 6.45) is 2.84. The fourth-order valence-corrected chi connectivity index (χ4v) is 5.87. The van der Waals surface area contributed by atoms with E-state index in [1.165, 1.54) is 12.1 Å². The number of alkyl halides is 1. The number of methoxy groups -OCH3 is 1. The molecule has 0 amide bonds.